The van der Waals surface area contributed by atoms with Gasteiger partial charge in [0.2, 0.25) is 11.8 Å². The third-order valence-electron chi connectivity index (χ3n) is 3.43. The van der Waals surface area contributed by atoms with Gasteiger partial charge in [-0.3, -0.25) is 9.59 Å². The van der Waals surface area contributed by atoms with Gasteiger partial charge < -0.3 is 10.6 Å². The Kier molecular flexibility index (Phi) is 6.41. The van der Waals surface area contributed by atoms with Gasteiger partial charge in [-0.2, -0.15) is 11.8 Å². The van der Waals surface area contributed by atoms with Crippen LogP contribution in [0.25, 0.3) is 10.2 Å². The van der Waals surface area contributed by atoms with Crippen LogP contribution in [0.3, 0.4) is 0 Å². The standard InChI is InChI=1S/C16H21N3O2S2/c1-4-13(20)17-11(8-9-22-3)15(21)19-16-18-14-10(2)6-5-7-12(14)23-16/h5-7,11H,4,8-9H2,1-3H3,(H,17,20)(H,18,19,21). The molecule has 1 aromatic carbocycles. The molecular formula is C16H21N3O2S2. The van der Waals surface area contributed by atoms with Crippen LogP contribution in [0.15, 0.2) is 18.2 Å². The van der Waals surface area contributed by atoms with Crippen LogP contribution in [0, 0.1) is 6.92 Å². The van der Waals surface area contributed by atoms with Crippen LogP contribution in [-0.2, 0) is 9.59 Å². The topological polar surface area (TPSA) is 71.1 Å². The molecule has 0 aliphatic heterocycles. The third-order valence-corrected chi connectivity index (χ3v) is 5.01. The van der Waals surface area contributed by atoms with Crippen LogP contribution in [0.2, 0.25) is 0 Å². The molecule has 2 N–H and O–H groups in total. The second-order valence-electron chi connectivity index (χ2n) is 5.19. The number of thioether (sulfide) groups is 1. The molecule has 0 fully saturated rings. The zero-order chi connectivity index (χ0) is 16.8. The molecule has 1 unspecified atom stereocenters. The molecule has 0 aliphatic rings. The van der Waals surface area contributed by atoms with Crippen molar-refractivity contribution in [2.75, 3.05) is 17.3 Å². The van der Waals surface area contributed by atoms with Crippen molar-refractivity contribution < 1.29 is 9.59 Å². The molecular weight excluding hydrogens is 330 g/mol. The number of nitrogens with zero attached hydrogens (tertiary/aromatic N) is 1. The van der Waals surface area contributed by atoms with Gasteiger partial charge in [0.15, 0.2) is 5.13 Å². The molecule has 124 valence electrons. The van der Waals surface area contributed by atoms with Crippen LogP contribution >= 0.6 is 23.1 Å². The Bertz CT molecular complexity index is 700. The predicted octanol–water partition coefficient (Wildman–Crippen LogP) is 3.19. The van der Waals surface area contributed by atoms with E-state index in [4.69, 9.17) is 0 Å². The van der Waals surface area contributed by atoms with E-state index < -0.39 is 6.04 Å². The highest BCUT2D eigenvalue weighted by molar-refractivity contribution is 7.98. The van der Waals surface area contributed by atoms with Crippen molar-refractivity contribution >= 4 is 50.3 Å². The van der Waals surface area contributed by atoms with Gasteiger partial charge in [0.25, 0.3) is 0 Å². The maximum absolute atomic E-state index is 12.5. The van der Waals surface area contributed by atoms with Gasteiger partial charge >= 0.3 is 0 Å². The van der Waals surface area contributed by atoms with E-state index in [2.05, 4.69) is 15.6 Å². The van der Waals surface area contributed by atoms with Crippen molar-refractivity contribution in [2.45, 2.75) is 32.7 Å². The summed E-state index contributed by atoms with van der Waals surface area (Å²) >= 11 is 3.09. The number of nitrogens with one attached hydrogen (secondary N) is 2. The number of amides is 2. The van der Waals surface area contributed by atoms with E-state index in [0.29, 0.717) is 18.0 Å². The Morgan fingerprint density at radius 3 is 2.83 bits per heavy atom. The van der Waals surface area contributed by atoms with E-state index in [-0.39, 0.29) is 11.8 Å². The molecule has 1 atom stereocenters. The smallest absolute Gasteiger partial charge is 0.248 e. The van der Waals surface area contributed by atoms with Gasteiger partial charge in [0.1, 0.15) is 6.04 Å². The second-order valence-corrected chi connectivity index (χ2v) is 7.20. The maximum atomic E-state index is 12.5. The summed E-state index contributed by atoms with van der Waals surface area (Å²) in [6, 6.07) is 5.43. The summed E-state index contributed by atoms with van der Waals surface area (Å²) in [6.07, 6.45) is 2.94. The van der Waals surface area contributed by atoms with Gasteiger partial charge in [0.05, 0.1) is 10.2 Å². The minimum Gasteiger partial charge on any atom is -0.344 e. The lowest BCUT2D eigenvalue weighted by atomic mass is 10.2. The van der Waals surface area contributed by atoms with Crippen molar-refractivity contribution in [2.24, 2.45) is 0 Å². The summed E-state index contributed by atoms with van der Waals surface area (Å²) in [5.74, 6) is 0.477. The number of benzene rings is 1. The molecule has 2 aromatic rings. The summed E-state index contributed by atoms with van der Waals surface area (Å²) in [4.78, 5) is 28.6. The normalized spacial score (nSPS) is 12.1. The average Bonchev–Trinajstić information content (AvgIpc) is 2.94. The number of hydrogen-bond acceptors (Lipinski definition) is 5. The molecule has 0 aliphatic carbocycles. The first kappa shape index (κ1) is 17.7. The first-order valence-electron chi connectivity index (χ1n) is 7.50. The lowest BCUT2D eigenvalue weighted by molar-refractivity contribution is -0.126. The summed E-state index contributed by atoms with van der Waals surface area (Å²) in [5.41, 5.74) is 1.99. The van der Waals surface area contributed by atoms with E-state index in [9.17, 15) is 9.59 Å². The Labute approximate surface area is 144 Å². The number of carbonyl (C=O) groups excluding carboxylic acids is 2. The largest absolute Gasteiger partial charge is 0.344 e. The highest BCUT2D eigenvalue weighted by Crippen LogP contribution is 2.28. The summed E-state index contributed by atoms with van der Waals surface area (Å²) in [6.45, 7) is 3.77. The molecule has 0 spiro atoms. The number of para-hydroxylation sites is 1. The highest BCUT2D eigenvalue weighted by atomic mass is 32.2. The van der Waals surface area contributed by atoms with Crippen molar-refractivity contribution in [1.82, 2.24) is 10.3 Å². The summed E-state index contributed by atoms with van der Waals surface area (Å²) in [7, 11) is 0. The van der Waals surface area contributed by atoms with Crippen molar-refractivity contribution in [3.8, 4) is 0 Å². The van der Waals surface area contributed by atoms with Crippen LogP contribution in [0.1, 0.15) is 25.3 Å². The maximum Gasteiger partial charge on any atom is 0.248 e. The lowest BCUT2D eigenvalue weighted by Gasteiger charge is -2.16. The monoisotopic (exact) mass is 351 g/mol. The van der Waals surface area contributed by atoms with E-state index >= 15 is 0 Å². The Balaban J connectivity index is 2.12. The molecule has 0 saturated carbocycles. The fourth-order valence-corrected chi connectivity index (χ4v) is 3.55. The quantitative estimate of drug-likeness (QED) is 0.804. The Morgan fingerprint density at radius 2 is 2.17 bits per heavy atom. The van der Waals surface area contributed by atoms with Gasteiger partial charge in [-0.05, 0) is 37.0 Å². The Hall–Kier alpha value is -1.60. The third kappa shape index (κ3) is 4.68. The second kappa shape index (κ2) is 8.31. The molecule has 1 heterocycles. The first-order chi connectivity index (χ1) is 11.0. The van der Waals surface area contributed by atoms with Crippen LogP contribution in [-0.4, -0.2) is 34.8 Å². The van der Waals surface area contributed by atoms with E-state index in [1.54, 1.807) is 18.7 Å². The number of aryl methyl sites for hydroxylation is 1. The van der Waals surface area contributed by atoms with Crippen molar-refractivity contribution in [1.29, 1.82) is 0 Å². The molecule has 5 nitrogen and oxygen atoms in total. The van der Waals surface area contributed by atoms with Gasteiger partial charge in [-0.1, -0.05) is 30.4 Å². The highest BCUT2D eigenvalue weighted by Gasteiger charge is 2.21. The van der Waals surface area contributed by atoms with E-state index in [1.807, 2.05) is 31.4 Å². The van der Waals surface area contributed by atoms with Gasteiger partial charge in [0, 0.05) is 6.42 Å². The van der Waals surface area contributed by atoms with Gasteiger partial charge in [-0.25, -0.2) is 4.98 Å². The molecule has 0 radical (unpaired) electrons. The summed E-state index contributed by atoms with van der Waals surface area (Å²) < 4.78 is 1.04. The number of aromatic nitrogens is 1. The van der Waals surface area contributed by atoms with Crippen molar-refractivity contribution in [3.05, 3.63) is 23.8 Å². The van der Waals surface area contributed by atoms with Crippen molar-refractivity contribution in [3.63, 3.8) is 0 Å². The predicted molar refractivity (Wildman–Crippen MR) is 98.2 cm³/mol. The fourth-order valence-electron chi connectivity index (χ4n) is 2.13. The average molecular weight is 351 g/mol. The summed E-state index contributed by atoms with van der Waals surface area (Å²) in [5, 5.41) is 6.19. The number of hydrogen-bond donors (Lipinski definition) is 2. The van der Waals surface area contributed by atoms with E-state index in [1.165, 1.54) is 11.3 Å². The minimum atomic E-state index is -0.525. The first-order valence-corrected chi connectivity index (χ1v) is 9.71. The number of rotatable bonds is 7. The molecule has 2 amide bonds. The van der Waals surface area contributed by atoms with Gasteiger partial charge in [-0.15, -0.1) is 0 Å². The van der Waals surface area contributed by atoms with E-state index in [0.717, 1.165) is 21.5 Å². The SMILES string of the molecule is CCC(=O)NC(CCSC)C(=O)Nc1nc2c(C)cccc2s1. The molecule has 2 rings (SSSR count). The zero-order valence-electron chi connectivity index (χ0n) is 13.5. The molecule has 0 saturated heterocycles. The number of thiazole rings is 1. The number of fused-ring (bicyclic) bond motifs is 1. The molecule has 7 heteroatoms. The van der Waals surface area contributed by atoms with Crippen LogP contribution < -0.4 is 10.6 Å². The fraction of sp³-hybridized carbons (Fsp3) is 0.438. The molecule has 0 bridgehead atoms. The molecule has 23 heavy (non-hydrogen) atoms. The lowest BCUT2D eigenvalue weighted by Crippen LogP contribution is -2.43. The Morgan fingerprint density at radius 1 is 1.39 bits per heavy atom. The molecule has 1 aromatic heterocycles. The number of carbonyl (C=O) groups is 2. The van der Waals surface area contributed by atoms with Crippen LogP contribution in [0.5, 0.6) is 0 Å². The van der Waals surface area contributed by atoms with Crippen LogP contribution in [0.4, 0.5) is 5.13 Å². The minimum absolute atomic E-state index is 0.119. The zero-order valence-corrected chi connectivity index (χ0v) is 15.1. The number of anilines is 1.